The predicted molar refractivity (Wildman–Crippen MR) is 79.6 cm³/mol. The van der Waals surface area contributed by atoms with Crippen LogP contribution < -0.4 is 0 Å². The molecule has 2 rings (SSSR count). The fourth-order valence-corrected chi connectivity index (χ4v) is 2.93. The first kappa shape index (κ1) is 15.0. The van der Waals surface area contributed by atoms with Crippen LogP contribution in [-0.4, -0.2) is 53.1 Å². The monoisotopic (exact) mass is 276 g/mol. The highest BCUT2D eigenvalue weighted by Crippen LogP contribution is 2.18. The van der Waals surface area contributed by atoms with Gasteiger partial charge in [-0.25, -0.2) is 0 Å². The summed E-state index contributed by atoms with van der Waals surface area (Å²) in [6, 6.07) is 10.8. The number of nitrogens with zero attached hydrogens (tertiary/aromatic N) is 2. The van der Waals surface area contributed by atoms with Crippen molar-refractivity contribution in [1.82, 2.24) is 9.80 Å². The second kappa shape index (κ2) is 7.41. The van der Waals surface area contributed by atoms with Crippen molar-refractivity contribution < 1.29 is 9.90 Å². The molecule has 110 valence electrons. The molecule has 1 heterocycles. The Bertz CT molecular complexity index is 422. The number of aliphatic carboxylic acids is 1. The van der Waals surface area contributed by atoms with Crippen LogP contribution in [0.25, 0.3) is 0 Å². The minimum absolute atomic E-state index is 0.174. The topological polar surface area (TPSA) is 43.8 Å². The average Bonchev–Trinajstić information content (AvgIpc) is 2.85. The van der Waals surface area contributed by atoms with Crippen LogP contribution in [0, 0.1) is 0 Å². The SMILES string of the molecule is CCN(Cc1ccccc1)CC1CCCN1CC(=O)O. The number of hydrogen-bond acceptors (Lipinski definition) is 3. The van der Waals surface area contributed by atoms with Gasteiger partial charge in [-0.2, -0.15) is 0 Å². The third-order valence-electron chi connectivity index (χ3n) is 4.00. The molecule has 1 N–H and O–H groups in total. The van der Waals surface area contributed by atoms with Gasteiger partial charge >= 0.3 is 5.97 Å². The Morgan fingerprint density at radius 3 is 2.80 bits per heavy atom. The molecule has 0 spiro atoms. The van der Waals surface area contributed by atoms with E-state index in [4.69, 9.17) is 5.11 Å². The molecular formula is C16H24N2O2. The quantitative estimate of drug-likeness (QED) is 0.828. The lowest BCUT2D eigenvalue weighted by atomic mass is 10.1. The van der Waals surface area contributed by atoms with Crippen molar-refractivity contribution in [3.05, 3.63) is 35.9 Å². The fraction of sp³-hybridized carbons (Fsp3) is 0.562. The van der Waals surface area contributed by atoms with Crippen LogP contribution in [-0.2, 0) is 11.3 Å². The predicted octanol–water partition coefficient (Wildman–Crippen LogP) is 2.06. The van der Waals surface area contributed by atoms with Crippen LogP contribution in [0.5, 0.6) is 0 Å². The molecule has 0 radical (unpaired) electrons. The molecule has 1 saturated heterocycles. The molecule has 0 bridgehead atoms. The number of rotatable bonds is 7. The Balaban J connectivity index is 1.90. The molecule has 1 aromatic carbocycles. The van der Waals surface area contributed by atoms with Crippen LogP contribution >= 0.6 is 0 Å². The summed E-state index contributed by atoms with van der Waals surface area (Å²) >= 11 is 0. The standard InChI is InChI=1S/C16H24N2O2/c1-2-17(11-14-7-4-3-5-8-14)12-15-9-6-10-18(15)13-16(19)20/h3-5,7-8,15H,2,6,9-13H2,1H3,(H,19,20). The van der Waals surface area contributed by atoms with Gasteiger partial charge in [0.15, 0.2) is 0 Å². The maximum absolute atomic E-state index is 10.9. The molecule has 1 aliphatic rings. The smallest absolute Gasteiger partial charge is 0.317 e. The number of carbonyl (C=O) groups is 1. The summed E-state index contributed by atoms with van der Waals surface area (Å²) in [5.41, 5.74) is 1.32. The van der Waals surface area contributed by atoms with Crippen LogP contribution in [0.2, 0.25) is 0 Å². The first-order chi connectivity index (χ1) is 9.69. The van der Waals surface area contributed by atoms with Crippen LogP contribution in [0.1, 0.15) is 25.3 Å². The lowest BCUT2D eigenvalue weighted by molar-refractivity contribution is -0.138. The molecule has 4 heteroatoms. The van der Waals surface area contributed by atoms with E-state index in [0.717, 1.165) is 39.0 Å². The van der Waals surface area contributed by atoms with Gasteiger partial charge < -0.3 is 5.11 Å². The van der Waals surface area contributed by atoms with Crippen molar-refractivity contribution in [2.75, 3.05) is 26.2 Å². The summed E-state index contributed by atoms with van der Waals surface area (Å²) in [6.07, 6.45) is 2.22. The second-order valence-corrected chi connectivity index (χ2v) is 5.47. The Hall–Kier alpha value is -1.39. The number of carboxylic acid groups (broad SMARTS) is 1. The van der Waals surface area contributed by atoms with Gasteiger partial charge in [0.25, 0.3) is 0 Å². The average molecular weight is 276 g/mol. The van der Waals surface area contributed by atoms with E-state index in [1.807, 2.05) is 6.07 Å². The Labute approximate surface area is 121 Å². The molecule has 0 amide bonds. The van der Waals surface area contributed by atoms with Crippen molar-refractivity contribution >= 4 is 5.97 Å². The number of carboxylic acids is 1. The molecule has 1 atom stereocenters. The van der Waals surface area contributed by atoms with Gasteiger partial charge in [0.1, 0.15) is 0 Å². The number of likely N-dealkylation sites (N-methyl/N-ethyl adjacent to an activating group) is 1. The number of hydrogen-bond donors (Lipinski definition) is 1. The molecule has 4 nitrogen and oxygen atoms in total. The van der Waals surface area contributed by atoms with Gasteiger partial charge in [-0.05, 0) is 31.5 Å². The maximum Gasteiger partial charge on any atom is 0.317 e. The summed E-state index contributed by atoms with van der Waals surface area (Å²) in [5.74, 6) is -0.719. The van der Waals surface area contributed by atoms with Gasteiger partial charge in [0, 0.05) is 19.1 Å². The summed E-state index contributed by atoms with van der Waals surface area (Å²) < 4.78 is 0. The fourth-order valence-electron chi connectivity index (χ4n) is 2.93. The van der Waals surface area contributed by atoms with E-state index in [2.05, 4.69) is 41.0 Å². The summed E-state index contributed by atoms with van der Waals surface area (Å²) in [4.78, 5) is 15.4. The molecule has 20 heavy (non-hydrogen) atoms. The minimum atomic E-state index is -0.719. The molecule has 0 saturated carbocycles. The largest absolute Gasteiger partial charge is 0.480 e. The maximum atomic E-state index is 10.9. The van der Waals surface area contributed by atoms with Gasteiger partial charge in [0.2, 0.25) is 0 Å². The third-order valence-corrected chi connectivity index (χ3v) is 4.00. The zero-order valence-corrected chi connectivity index (χ0v) is 12.2. The minimum Gasteiger partial charge on any atom is -0.480 e. The first-order valence-electron chi connectivity index (χ1n) is 7.41. The summed E-state index contributed by atoms with van der Waals surface area (Å²) in [6.45, 7) is 6.15. The Morgan fingerprint density at radius 1 is 1.40 bits per heavy atom. The normalized spacial score (nSPS) is 19.6. The van der Waals surface area contributed by atoms with E-state index in [-0.39, 0.29) is 6.54 Å². The van der Waals surface area contributed by atoms with E-state index in [0.29, 0.717) is 6.04 Å². The van der Waals surface area contributed by atoms with Gasteiger partial charge in [-0.15, -0.1) is 0 Å². The lowest BCUT2D eigenvalue weighted by Gasteiger charge is -2.29. The van der Waals surface area contributed by atoms with E-state index in [1.165, 1.54) is 5.56 Å². The molecule has 1 aromatic rings. The number of likely N-dealkylation sites (tertiary alicyclic amines) is 1. The zero-order valence-electron chi connectivity index (χ0n) is 12.2. The lowest BCUT2D eigenvalue weighted by Crippen LogP contribution is -2.42. The highest BCUT2D eigenvalue weighted by atomic mass is 16.4. The molecule has 1 unspecified atom stereocenters. The first-order valence-corrected chi connectivity index (χ1v) is 7.41. The van der Waals surface area contributed by atoms with Gasteiger partial charge in [-0.1, -0.05) is 37.3 Å². The number of benzene rings is 1. The van der Waals surface area contributed by atoms with Crippen molar-refractivity contribution in [2.24, 2.45) is 0 Å². The van der Waals surface area contributed by atoms with E-state index >= 15 is 0 Å². The van der Waals surface area contributed by atoms with Crippen molar-refractivity contribution in [2.45, 2.75) is 32.4 Å². The van der Waals surface area contributed by atoms with Gasteiger partial charge in [0.05, 0.1) is 6.54 Å². The molecule has 1 aliphatic heterocycles. The summed E-state index contributed by atoms with van der Waals surface area (Å²) in [7, 11) is 0. The summed E-state index contributed by atoms with van der Waals surface area (Å²) in [5, 5.41) is 8.96. The highest BCUT2D eigenvalue weighted by Gasteiger charge is 2.27. The Kier molecular flexibility index (Phi) is 5.56. The van der Waals surface area contributed by atoms with Crippen molar-refractivity contribution in [3.63, 3.8) is 0 Å². The van der Waals surface area contributed by atoms with Crippen LogP contribution in [0.15, 0.2) is 30.3 Å². The highest BCUT2D eigenvalue weighted by molar-refractivity contribution is 5.69. The third kappa shape index (κ3) is 4.32. The van der Waals surface area contributed by atoms with Crippen molar-refractivity contribution in [3.8, 4) is 0 Å². The zero-order chi connectivity index (χ0) is 14.4. The molecule has 1 fully saturated rings. The van der Waals surface area contributed by atoms with Crippen LogP contribution in [0.4, 0.5) is 0 Å². The van der Waals surface area contributed by atoms with E-state index in [9.17, 15) is 4.79 Å². The van der Waals surface area contributed by atoms with E-state index in [1.54, 1.807) is 0 Å². The Morgan fingerprint density at radius 2 is 2.15 bits per heavy atom. The molecular weight excluding hydrogens is 252 g/mol. The van der Waals surface area contributed by atoms with Crippen LogP contribution in [0.3, 0.4) is 0 Å². The van der Waals surface area contributed by atoms with Crippen molar-refractivity contribution in [1.29, 1.82) is 0 Å². The van der Waals surface area contributed by atoms with Gasteiger partial charge in [-0.3, -0.25) is 14.6 Å². The van der Waals surface area contributed by atoms with E-state index < -0.39 is 5.97 Å². The second-order valence-electron chi connectivity index (χ2n) is 5.47. The molecule has 0 aliphatic carbocycles. The molecule has 0 aromatic heterocycles.